The molecule has 0 amide bonds. The van der Waals surface area contributed by atoms with Crippen molar-refractivity contribution in [1.29, 1.82) is 0 Å². The van der Waals surface area contributed by atoms with Crippen LogP contribution in [-0.4, -0.2) is 22.2 Å². The van der Waals surface area contributed by atoms with Crippen molar-refractivity contribution >= 4 is 11.4 Å². The lowest BCUT2D eigenvalue weighted by Crippen LogP contribution is -2.48. The van der Waals surface area contributed by atoms with E-state index in [1.165, 1.54) is 12.1 Å². The number of hydrogen-bond acceptors (Lipinski definition) is 4. The van der Waals surface area contributed by atoms with Gasteiger partial charge >= 0.3 is 0 Å². The molecule has 1 aromatic carbocycles. The van der Waals surface area contributed by atoms with Crippen LogP contribution in [0.2, 0.25) is 0 Å². The SMILES string of the molecule is O=[N+]([O-])c1ccc(NC2(CO)CCC2)c(F)c1. The molecule has 5 nitrogen and oxygen atoms in total. The largest absolute Gasteiger partial charge is 0.394 e. The fraction of sp³-hybridized carbons (Fsp3) is 0.455. The molecule has 0 heterocycles. The summed E-state index contributed by atoms with van der Waals surface area (Å²) in [5.74, 6) is -0.668. The van der Waals surface area contributed by atoms with E-state index in [4.69, 9.17) is 0 Å². The van der Waals surface area contributed by atoms with Crippen LogP contribution in [0.5, 0.6) is 0 Å². The van der Waals surface area contributed by atoms with Crippen molar-refractivity contribution in [3.05, 3.63) is 34.1 Å². The van der Waals surface area contributed by atoms with Gasteiger partial charge in [-0.15, -0.1) is 0 Å². The van der Waals surface area contributed by atoms with Gasteiger partial charge in [-0.2, -0.15) is 0 Å². The fourth-order valence-corrected chi connectivity index (χ4v) is 1.93. The summed E-state index contributed by atoms with van der Waals surface area (Å²) in [6, 6.07) is 3.46. The zero-order valence-corrected chi connectivity index (χ0v) is 9.15. The second kappa shape index (κ2) is 4.29. The van der Waals surface area contributed by atoms with E-state index in [-0.39, 0.29) is 18.0 Å². The fourth-order valence-electron chi connectivity index (χ4n) is 1.93. The normalized spacial score (nSPS) is 17.3. The number of non-ortho nitro benzene ring substituents is 1. The number of hydrogen-bond donors (Lipinski definition) is 2. The average molecular weight is 240 g/mol. The Morgan fingerprint density at radius 2 is 2.24 bits per heavy atom. The summed E-state index contributed by atoms with van der Waals surface area (Å²) in [4.78, 5) is 9.81. The summed E-state index contributed by atoms with van der Waals surface area (Å²) in [7, 11) is 0. The van der Waals surface area contributed by atoms with Gasteiger partial charge in [0.2, 0.25) is 0 Å². The van der Waals surface area contributed by atoms with E-state index in [1.807, 2.05) is 0 Å². The van der Waals surface area contributed by atoms with Crippen molar-refractivity contribution in [2.24, 2.45) is 0 Å². The summed E-state index contributed by atoms with van der Waals surface area (Å²) in [6.07, 6.45) is 2.54. The molecule has 0 aliphatic heterocycles. The van der Waals surface area contributed by atoms with E-state index in [0.29, 0.717) is 0 Å². The first-order valence-electron chi connectivity index (χ1n) is 5.39. The molecule has 0 saturated heterocycles. The summed E-state index contributed by atoms with van der Waals surface area (Å²) in [5, 5.41) is 22.6. The Labute approximate surface area is 97.4 Å². The molecule has 1 saturated carbocycles. The highest BCUT2D eigenvalue weighted by atomic mass is 19.1. The van der Waals surface area contributed by atoms with Crippen LogP contribution >= 0.6 is 0 Å². The second-order valence-electron chi connectivity index (χ2n) is 4.34. The number of anilines is 1. The van der Waals surface area contributed by atoms with Gasteiger partial charge in [-0.05, 0) is 25.3 Å². The van der Waals surface area contributed by atoms with E-state index in [1.54, 1.807) is 0 Å². The molecule has 0 aromatic heterocycles. The molecule has 0 atom stereocenters. The van der Waals surface area contributed by atoms with E-state index in [2.05, 4.69) is 5.32 Å². The lowest BCUT2D eigenvalue weighted by atomic mass is 9.77. The van der Waals surface area contributed by atoms with Gasteiger partial charge in [-0.1, -0.05) is 0 Å². The van der Waals surface area contributed by atoms with Gasteiger partial charge in [-0.3, -0.25) is 10.1 Å². The minimum absolute atomic E-state index is 0.0660. The number of nitro benzene ring substituents is 1. The maximum absolute atomic E-state index is 13.6. The standard InChI is InChI=1S/C11H13FN2O3/c12-9-6-8(14(16)17)2-3-10(9)13-11(7-15)4-1-5-11/h2-3,6,13,15H,1,4-5,7H2. The molecule has 1 aliphatic rings. The molecule has 0 bridgehead atoms. The number of nitrogens with one attached hydrogen (secondary N) is 1. The number of rotatable bonds is 4. The Balaban J connectivity index is 2.19. The van der Waals surface area contributed by atoms with Crippen LogP contribution in [-0.2, 0) is 0 Å². The first kappa shape index (κ1) is 11.8. The third-order valence-corrected chi connectivity index (χ3v) is 3.18. The molecule has 2 rings (SSSR count). The van der Waals surface area contributed by atoms with Gasteiger partial charge in [0.05, 0.1) is 28.8 Å². The van der Waals surface area contributed by atoms with Gasteiger partial charge < -0.3 is 10.4 Å². The van der Waals surface area contributed by atoms with Crippen LogP contribution in [0.4, 0.5) is 15.8 Å². The Kier molecular flexibility index (Phi) is 2.97. The third-order valence-electron chi connectivity index (χ3n) is 3.18. The number of halogens is 1. The Morgan fingerprint density at radius 1 is 1.53 bits per heavy atom. The Bertz CT molecular complexity index is 441. The van der Waals surface area contributed by atoms with Crippen molar-refractivity contribution < 1.29 is 14.4 Å². The van der Waals surface area contributed by atoms with E-state index in [9.17, 15) is 19.6 Å². The third kappa shape index (κ3) is 2.21. The van der Waals surface area contributed by atoms with Crippen LogP contribution in [0.3, 0.4) is 0 Å². The number of nitrogens with zero attached hydrogens (tertiary/aromatic N) is 1. The van der Waals surface area contributed by atoms with Gasteiger partial charge in [0.25, 0.3) is 5.69 Å². The molecule has 0 radical (unpaired) electrons. The molecule has 92 valence electrons. The van der Waals surface area contributed by atoms with Crippen molar-refractivity contribution in [3.8, 4) is 0 Å². The molecule has 0 spiro atoms. The highest BCUT2D eigenvalue weighted by Gasteiger charge is 2.36. The quantitative estimate of drug-likeness (QED) is 0.624. The lowest BCUT2D eigenvalue weighted by Gasteiger charge is -2.41. The number of aliphatic hydroxyl groups is 1. The molecule has 17 heavy (non-hydrogen) atoms. The molecule has 1 aromatic rings. The number of nitro groups is 1. The second-order valence-corrected chi connectivity index (χ2v) is 4.34. The first-order chi connectivity index (χ1) is 8.06. The van der Waals surface area contributed by atoms with Crippen molar-refractivity contribution in [2.45, 2.75) is 24.8 Å². The zero-order valence-electron chi connectivity index (χ0n) is 9.15. The monoisotopic (exact) mass is 240 g/mol. The number of aliphatic hydroxyl groups excluding tert-OH is 1. The van der Waals surface area contributed by atoms with Crippen LogP contribution < -0.4 is 5.32 Å². The smallest absolute Gasteiger partial charge is 0.272 e. The van der Waals surface area contributed by atoms with E-state index in [0.717, 1.165) is 25.3 Å². The van der Waals surface area contributed by atoms with Crippen LogP contribution in [0, 0.1) is 15.9 Å². The van der Waals surface area contributed by atoms with E-state index < -0.39 is 16.3 Å². The molecule has 1 fully saturated rings. The first-order valence-corrected chi connectivity index (χ1v) is 5.39. The maximum Gasteiger partial charge on any atom is 0.272 e. The van der Waals surface area contributed by atoms with Gasteiger partial charge in [0, 0.05) is 6.07 Å². The van der Waals surface area contributed by atoms with Crippen LogP contribution in [0.15, 0.2) is 18.2 Å². The van der Waals surface area contributed by atoms with Gasteiger partial charge in [0.1, 0.15) is 0 Å². The molecular formula is C11H13FN2O3. The summed E-state index contributed by atoms with van der Waals surface area (Å²) in [6.45, 7) is -0.0660. The van der Waals surface area contributed by atoms with Crippen molar-refractivity contribution in [2.75, 3.05) is 11.9 Å². The zero-order chi connectivity index (χ0) is 12.5. The average Bonchev–Trinajstić information content (AvgIpc) is 2.25. The van der Waals surface area contributed by atoms with Crippen LogP contribution in [0.1, 0.15) is 19.3 Å². The maximum atomic E-state index is 13.6. The molecule has 1 aliphatic carbocycles. The summed E-state index contributed by atoms with van der Waals surface area (Å²) >= 11 is 0. The van der Waals surface area contributed by atoms with Crippen molar-refractivity contribution in [1.82, 2.24) is 0 Å². The molecule has 6 heteroatoms. The predicted octanol–water partition coefficient (Wildman–Crippen LogP) is 2.06. The highest BCUT2D eigenvalue weighted by molar-refractivity contribution is 5.52. The lowest BCUT2D eigenvalue weighted by molar-refractivity contribution is -0.385. The summed E-state index contributed by atoms with van der Waals surface area (Å²) in [5.41, 5.74) is -0.541. The Morgan fingerprint density at radius 3 is 2.65 bits per heavy atom. The molecule has 2 N–H and O–H groups in total. The number of benzene rings is 1. The van der Waals surface area contributed by atoms with E-state index >= 15 is 0 Å². The van der Waals surface area contributed by atoms with Crippen molar-refractivity contribution in [3.63, 3.8) is 0 Å². The highest BCUT2D eigenvalue weighted by Crippen LogP contribution is 2.36. The van der Waals surface area contributed by atoms with Crippen LogP contribution in [0.25, 0.3) is 0 Å². The topological polar surface area (TPSA) is 75.4 Å². The molecular weight excluding hydrogens is 227 g/mol. The molecule has 0 unspecified atom stereocenters. The van der Waals surface area contributed by atoms with Gasteiger partial charge in [-0.25, -0.2) is 4.39 Å². The minimum atomic E-state index is -0.668. The minimum Gasteiger partial charge on any atom is -0.394 e. The predicted molar refractivity (Wildman–Crippen MR) is 60.3 cm³/mol. The summed E-state index contributed by atoms with van der Waals surface area (Å²) < 4.78 is 13.6. The Hall–Kier alpha value is -1.69. The van der Waals surface area contributed by atoms with Gasteiger partial charge in [0.15, 0.2) is 5.82 Å².